The molecule has 0 saturated heterocycles. The molecule has 0 radical (unpaired) electrons. The zero-order chi connectivity index (χ0) is 13.2. The highest BCUT2D eigenvalue weighted by Crippen LogP contribution is 2.23. The van der Waals surface area contributed by atoms with Crippen LogP contribution in [-0.4, -0.2) is 8.42 Å². The SMILES string of the molecule is N=NCc1ccc(-c2ccc(S(N)(=O)=O)cc2)o1. The fourth-order valence-corrected chi connectivity index (χ4v) is 2.02. The molecule has 0 atom stereocenters. The van der Waals surface area contributed by atoms with Gasteiger partial charge in [0.05, 0.1) is 4.90 Å². The van der Waals surface area contributed by atoms with Gasteiger partial charge in [-0.15, -0.1) is 0 Å². The average Bonchev–Trinajstić information content (AvgIpc) is 2.77. The van der Waals surface area contributed by atoms with Crippen molar-refractivity contribution in [2.75, 3.05) is 0 Å². The third-order valence-corrected chi connectivity index (χ3v) is 3.29. The van der Waals surface area contributed by atoms with E-state index in [4.69, 9.17) is 15.1 Å². The smallest absolute Gasteiger partial charge is 0.238 e. The summed E-state index contributed by atoms with van der Waals surface area (Å²) in [5.41, 5.74) is 7.47. The molecule has 1 aromatic heterocycles. The number of hydrogen-bond acceptors (Lipinski definition) is 5. The fourth-order valence-electron chi connectivity index (χ4n) is 1.50. The Morgan fingerprint density at radius 1 is 1.17 bits per heavy atom. The zero-order valence-electron chi connectivity index (χ0n) is 9.33. The maximum atomic E-state index is 11.1. The molecule has 18 heavy (non-hydrogen) atoms. The van der Waals surface area contributed by atoms with Crippen LogP contribution < -0.4 is 5.14 Å². The lowest BCUT2D eigenvalue weighted by Crippen LogP contribution is -2.11. The summed E-state index contributed by atoms with van der Waals surface area (Å²) in [6, 6.07) is 9.53. The lowest BCUT2D eigenvalue weighted by Gasteiger charge is -2.00. The topological polar surface area (TPSA) is 110 Å². The molecule has 0 bridgehead atoms. The number of nitrogens with zero attached hydrogens (tertiary/aromatic N) is 1. The lowest BCUT2D eigenvalue weighted by molar-refractivity contribution is 0.519. The van der Waals surface area contributed by atoms with Gasteiger partial charge in [-0.3, -0.25) is 0 Å². The van der Waals surface area contributed by atoms with Crippen molar-refractivity contribution in [1.82, 2.24) is 0 Å². The Morgan fingerprint density at radius 2 is 1.83 bits per heavy atom. The number of nitrogens with two attached hydrogens (primary N) is 1. The van der Waals surface area contributed by atoms with Crippen LogP contribution in [0.15, 0.2) is 50.8 Å². The molecule has 0 saturated carbocycles. The predicted octanol–water partition coefficient (Wildman–Crippen LogP) is 2.12. The Morgan fingerprint density at radius 3 is 2.39 bits per heavy atom. The van der Waals surface area contributed by atoms with Gasteiger partial charge in [-0.25, -0.2) is 19.1 Å². The molecular weight excluding hydrogens is 254 g/mol. The van der Waals surface area contributed by atoms with Crippen molar-refractivity contribution in [3.05, 3.63) is 42.2 Å². The predicted molar refractivity (Wildman–Crippen MR) is 64.4 cm³/mol. The van der Waals surface area contributed by atoms with E-state index >= 15 is 0 Å². The number of sulfonamides is 1. The molecule has 1 aromatic carbocycles. The van der Waals surface area contributed by atoms with Crippen LogP contribution in [-0.2, 0) is 16.6 Å². The van der Waals surface area contributed by atoms with Gasteiger partial charge in [-0.2, -0.15) is 5.11 Å². The monoisotopic (exact) mass is 265 g/mol. The van der Waals surface area contributed by atoms with Gasteiger partial charge < -0.3 is 4.42 Å². The summed E-state index contributed by atoms with van der Waals surface area (Å²) in [6.07, 6.45) is 0. The first kappa shape index (κ1) is 12.5. The van der Waals surface area contributed by atoms with E-state index in [1.165, 1.54) is 12.1 Å². The van der Waals surface area contributed by atoms with Crippen LogP contribution in [0.5, 0.6) is 0 Å². The van der Waals surface area contributed by atoms with Gasteiger partial charge in [-0.1, -0.05) is 0 Å². The molecule has 2 rings (SSSR count). The second-order valence-electron chi connectivity index (χ2n) is 3.65. The summed E-state index contributed by atoms with van der Waals surface area (Å²) in [5.74, 6) is 1.17. The molecule has 6 nitrogen and oxygen atoms in total. The Labute approximate surface area is 104 Å². The molecule has 94 valence electrons. The quantitative estimate of drug-likeness (QED) is 0.826. The van der Waals surface area contributed by atoms with Crippen molar-refractivity contribution < 1.29 is 12.8 Å². The van der Waals surface area contributed by atoms with Crippen LogP contribution in [0.3, 0.4) is 0 Å². The van der Waals surface area contributed by atoms with Crippen molar-refractivity contribution in [3.8, 4) is 11.3 Å². The molecule has 3 N–H and O–H groups in total. The van der Waals surface area contributed by atoms with Crippen LogP contribution in [0.1, 0.15) is 5.76 Å². The second-order valence-corrected chi connectivity index (χ2v) is 5.21. The standard InChI is InChI=1S/C11H11N3O3S/c12-14-7-9-3-6-11(17-9)8-1-4-10(5-2-8)18(13,15)16/h1-6,12H,7H2,(H2,13,15,16). The first-order valence-electron chi connectivity index (χ1n) is 5.06. The van der Waals surface area contributed by atoms with Gasteiger partial charge in [-0.05, 0) is 36.4 Å². The highest BCUT2D eigenvalue weighted by molar-refractivity contribution is 7.89. The first-order valence-corrected chi connectivity index (χ1v) is 6.60. The Kier molecular flexibility index (Phi) is 3.26. The van der Waals surface area contributed by atoms with E-state index in [0.29, 0.717) is 11.5 Å². The van der Waals surface area contributed by atoms with Crippen molar-refractivity contribution in [3.63, 3.8) is 0 Å². The van der Waals surface area contributed by atoms with E-state index < -0.39 is 10.0 Å². The van der Waals surface area contributed by atoms with E-state index in [2.05, 4.69) is 5.11 Å². The van der Waals surface area contributed by atoms with Gasteiger partial charge in [0.25, 0.3) is 0 Å². The molecule has 2 aromatic rings. The maximum absolute atomic E-state index is 11.1. The molecular formula is C11H11N3O3S. The van der Waals surface area contributed by atoms with Crippen LogP contribution in [0.4, 0.5) is 0 Å². The number of benzene rings is 1. The second kappa shape index (κ2) is 4.71. The largest absolute Gasteiger partial charge is 0.459 e. The number of rotatable bonds is 4. The summed E-state index contributed by atoms with van der Waals surface area (Å²) in [5, 5.41) is 8.22. The van der Waals surface area contributed by atoms with Gasteiger partial charge >= 0.3 is 0 Å². The fraction of sp³-hybridized carbons (Fsp3) is 0.0909. The molecule has 0 aliphatic carbocycles. The molecule has 0 aliphatic heterocycles. The van der Waals surface area contributed by atoms with Crippen molar-refractivity contribution in [1.29, 1.82) is 5.53 Å². The van der Waals surface area contributed by atoms with Gasteiger partial charge in [0.15, 0.2) is 0 Å². The van der Waals surface area contributed by atoms with Gasteiger partial charge in [0.2, 0.25) is 10.0 Å². The summed E-state index contributed by atoms with van der Waals surface area (Å²) >= 11 is 0. The third-order valence-electron chi connectivity index (χ3n) is 2.36. The van der Waals surface area contributed by atoms with Gasteiger partial charge in [0.1, 0.15) is 18.1 Å². The molecule has 0 amide bonds. The summed E-state index contributed by atoms with van der Waals surface area (Å²) in [6.45, 7) is 0.190. The third kappa shape index (κ3) is 2.63. The van der Waals surface area contributed by atoms with Crippen LogP contribution >= 0.6 is 0 Å². The average molecular weight is 265 g/mol. The Hall–Kier alpha value is -1.99. The maximum Gasteiger partial charge on any atom is 0.238 e. The van der Waals surface area contributed by atoms with Crippen molar-refractivity contribution in [2.24, 2.45) is 10.3 Å². The molecule has 0 aliphatic rings. The number of primary sulfonamides is 1. The highest BCUT2D eigenvalue weighted by Gasteiger charge is 2.09. The molecule has 7 heteroatoms. The van der Waals surface area contributed by atoms with Crippen molar-refractivity contribution in [2.45, 2.75) is 11.4 Å². The highest BCUT2D eigenvalue weighted by atomic mass is 32.2. The lowest BCUT2D eigenvalue weighted by atomic mass is 10.2. The summed E-state index contributed by atoms with van der Waals surface area (Å²) in [7, 11) is -3.68. The molecule has 0 fully saturated rings. The minimum Gasteiger partial charge on any atom is -0.459 e. The van der Waals surface area contributed by atoms with Gasteiger partial charge in [0, 0.05) is 5.56 Å². The number of hydrogen-bond donors (Lipinski definition) is 2. The minimum atomic E-state index is -3.68. The van der Waals surface area contributed by atoms with Crippen LogP contribution in [0.25, 0.3) is 11.3 Å². The first-order chi connectivity index (χ1) is 8.50. The van der Waals surface area contributed by atoms with E-state index in [9.17, 15) is 8.42 Å². The molecule has 1 heterocycles. The van der Waals surface area contributed by atoms with E-state index in [-0.39, 0.29) is 11.4 Å². The van der Waals surface area contributed by atoms with E-state index in [1.54, 1.807) is 24.3 Å². The van der Waals surface area contributed by atoms with Crippen LogP contribution in [0.2, 0.25) is 0 Å². The normalized spacial score (nSPS) is 11.4. The minimum absolute atomic E-state index is 0.0548. The Bertz CT molecular complexity index is 659. The summed E-state index contributed by atoms with van der Waals surface area (Å²) < 4.78 is 27.6. The molecule has 0 spiro atoms. The van der Waals surface area contributed by atoms with Crippen LogP contribution in [0, 0.1) is 5.53 Å². The number of furan rings is 1. The van der Waals surface area contributed by atoms with E-state index in [1.807, 2.05) is 0 Å². The number of nitrogens with one attached hydrogen (secondary N) is 1. The van der Waals surface area contributed by atoms with E-state index in [0.717, 1.165) is 5.56 Å². The molecule has 0 unspecified atom stereocenters. The van der Waals surface area contributed by atoms with Crippen molar-refractivity contribution >= 4 is 10.0 Å². The zero-order valence-corrected chi connectivity index (χ0v) is 10.1. The Balaban J connectivity index is 2.31. The summed E-state index contributed by atoms with van der Waals surface area (Å²) in [4.78, 5) is 0.0548.